The van der Waals surface area contributed by atoms with Gasteiger partial charge in [-0.25, -0.2) is 9.48 Å². The van der Waals surface area contributed by atoms with Crippen molar-refractivity contribution in [2.75, 3.05) is 12.8 Å². The van der Waals surface area contributed by atoms with E-state index in [2.05, 4.69) is 5.10 Å². The number of carbonyl (C=O) groups is 1. The van der Waals surface area contributed by atoms with Crippen molar-refractivity contribution in [2.45, 2.75) is 13.8 Å². The lowest BCUT2D eigenvalue weighted by molar-refractivity contribution is 0.0695. The van der Waals surface area contributed by atoms with Gasteiger partial charge in [0.25, 0.3) is 0 Å². The molecule has 0 saturated carbocycles. The summed E-state index contributed by atoms with van der Waals surface area (Å²) in [5.74, 6) is -0.453. The van der Waals surface area contributed by atoms with E-state index in [9.17, 15) is 4.79 Å². The molecule has 0 aliphatic rings. The van der Waals surface area contributed by atoms with Crippen molar-refractivity contribution in [3.05, 3.63) is 35.2 Å². The maximum Gasteiger partial charge on any atom is 0.339 e. The standard InChI is InChI=1S/C13H15N3O3/c1-7-12(13(17)18)8(2)16(15-7)9-4-5-10(14)11(6-9)19-3/h4-6H,14H2,1-3H3,(H,17,18). The molecule has 1 aromatic carbocycles. The Kier molecular flexibility index (Phi) is 3.16. The number of anilines is 1. The number of hydrogen-bond donors (Lipinski definition) is 2. The average Bonchev–Trinajstić information content (AvgIpc) is 2.65. The van der Waals surface area contributed by atoms with E-state index >= 15 is 0 Å². The zero-order valence-corrected chi connectivity index (χ0v) is 11.0. The summed E-state index contributed by atoms with van der Waals surface area (Å²) in [4.78, 5) is 11.2. The molecule has 0 amide bonds. The van der Waals surface area contributed by atoms with Crippen LogP contribution in [-0.2, 0) is 0 Å². The van der Waals surface area contributed by atoms with Gasteiger partial charge in [0, 0.05) is 6.07 Å². The van der Waals surface area contributed by atoms with E-state index in [-0.39, 0.29) is 5.56 Å². The van der Waals surface area contributed by atoms with Crippen molar-refractivity contribution in [3.8, 4) is 11.4 Å². The average molecular weight is 261 g/mol. The molecule has 0 atom stereocenters. The number of aromatic nitrogens is 2. The van der Waals surface area contributed by atoms with Crippen LogP contribution in [0, 0.1) is 13.8 Å². The number of aryl methyl sites for hydroxylation is 1. The van der Waals surface area contributed by atoms with E-state index in [1.165, 1.54) is 7.11 Å². The van der Waals surface area contributed by atoms with Crippen molar-refractivity contribution < 1.29 is 14.6 Å². The first kappa shape index (κ1) is 12.9. The second-order valence-corrected chi connectivity index (χ2v) is 4.19. The molecule has 0 fully saturated rings. The molecule has 100 valence electrons. The molecular weight excluding hydrogens is 246 g/mol. The molecule has 19 heavy (non-hydrogen) atoms. The van der Waals surface area contributed by atoms with Crippen molar-refractivity contribution in [3.63, 3.8) is 0 Å². The Bertz CT molecular complexity index is 647. The van der Waals surface area contributed by atoms with Crippen molar-refractivity contribution in [1.29, 1.82) is 0 Å². The van der Waals surface area contributed by atoms with Crippen LogP contribution in [0.2, 0.25) is 0 Å². The van der Waals surface area contributed by atoms with Crippen LogP contribution in [0.1, 0.15) is 21.7 Å². The summed E-state index contributed by atoms with van der Waals surface area (Å²) in [6.07, 6.45) is 0. The van der Waals surface area contributed by atoms with Gasteiger partial charge in [0.05, 0.1) is 29.9 Å². The number of rotatable bonds is 3. The third-order valence-corrected chi connectivity index (χ3v) is 2.97. The third kappa shape index (κ3) is 2.12. The number of carboxylic acid groups (broad SMARTS) is 1. The molecule has 2 rings (SSSR count). The SMILES string of the molecule is COc1cc(-n2nc(C)c(C(=O)O)c2C)ccc1N. The molecule has 3 N–H and O–H groups in total. The Morgan fingerprint density at radius 1 is 1.42 bits per heavy atom. The lowest BCUT2D eigenvalue weighted by atomic mass is 10.2. The van der Waals surface area contributed by atoms with Crippen LogP contribution in [0.4, 0.5) is 5.69 Å². The second kappa shape index (κ2) is 4.64. The number of aromatic carboxylic acids is 1. The van der Waals surface area contributed by atoms with Crippen LogP contribution in [0.15, 0.2) is 18.2 Å². The van der Waals surface area contributed by atoms with Crippen LogP contribution in [0.25, 0.3) is 5.69 Å². The fourth-order valence-corrected chi connectivity index (χ4v) is 2.04. The molecule has 6 heteroatoms. The normalized spacial score (nSPS) is 10.5. The summed E-state index contributed by atoms with van der Waals surface area (Å²) in [6.45, 7) is 3.38. The Morgan fingerprint density at radius 2 is 2.11 bits per heavy atom. The van der Waals surface area contributed by atoms with Gasteiger partial charge < -0.3 is 15.6 Å². The zero-order chi connectivity index (χ0) is 14.2. The summed E-state index contributed by atoms with van der Waals surface area (Å²) in [6, 6.07) is 5.19. The first-order chi connectivity index (χ1) is 8.95. The van der Waals surface area contributed by atoms with Crippen molar-refractivity contribution >= 4 is 11.7 Å². The molecule has 6 nitrogen and oxygen atoms in total. The molecule has 0 aliphatic heterocycles. The van der Waals surface area contributed by atoms with Gasteiger partial charge in [-0.05, 0) is 26.0 Å². The summed E-state index contributed by atoms with van der Waals surface area (Å²) in [5.41, 5.74) is 8.24. The molecule has 1 aromatic heterocycles. The maximum atomic E-state index is 11.2. The second-order valence-electron chi connectivity index (χ2n) is 4.19. The first-order valence-corrected chi connectivity index (χ1v) is 5.69. The molecule has 0 aliphatic carbocycles. The Balaban J connectivity index is 2.60. The molecule has 0 bridgehead atoms. The van der Waals surface area contributed by atoms with E-state index in [0.29, 0.717) is 28.5 Å². The highest BCUT2D eigenvalue weighted by Gasteiger charge is 2.18. The van der Waals surface area contributed by atoms with Gasteiger partial charge >= 0.3 is 5.97 Å². The van der Waals surface area contributed by atoms with Crippen LogP contribution in [0.3, 0.4) is 0 Å². The lowest BCUT2D eigenvalue weighted by Crippen LogP contribution is -2.03. The molecule has 0 unspecified atom stereocenters. The molecule has 2 aromatic rings. The van der Waals surface area contributed by atoms with Crippen LogP contribution < -0.4 is 10.5 Å². The Hall–Kier alpha value is -2.50. The van der Waals surface area contributed by atoms with Gasteiger partial charge in [-0.1, -0.05) is 0 Å². The van der Waals surface area contributed by atoms with Crippen molar-refractivity contribution in [1.82, 2.24) is 9.78 Å². The monoisotopic (exact) mass is 261 g/mol. The predicted octanol–water partition coefficient (Wildman–Crippen LogP) is 1.78. The highest BCUT2D eigenvalue weighted by molar-refractivity contribution is 5.90. The summed E-state index contributed by atoms with van der Waals surface area (Å²) >= 11 is 0. The highest BCUT2D eigenvalue weighted by Crippen LogP contribution is 2.26. The van der Waals surface area contributed by atoms with Gasteiger partial charge in [-0.15, -0.1) is 0 Å². The number of nitrogen functional groups attached to an aromatic ring is 1. The highest BCUT2D eigenvalue weighted by atomic mass is 16.5. The largest absolute Gasteiger partial charge is 0.495 e. The van der Waals surface area contributed by atoms with Crippen LogP contribution in [0.5, 0.6) is 5.75 Å². The topological polar surface area (TPSA) is 90.4 Å². The fourth-order valence-electron chi connectivity index (χ4n) is 2.04. The minimum atomic E-state index is -0.983. The number of carboxylic acids is 1. The van der Waals surface area contributed by atoms with E-state index in [4.69, 9.17) is 15.6 Å². The molecule has 0 saturated heterocycles. The Labute approximate surface area is 110 Å². The quantitative estimate of drug-likeness (QED) is 0.822. The van der Waals surface area contributed by atoms with Gasteiger partial charge in [0.2, 0.25) is 0 Å². The number of nitrogens with zero attached hydrogens (tertiary/aromatic N) is 2. The van der Waals surface area contributed by atoms with Crippen LogP contribution >= 0.6 is 0 Å². The van der Waals surface area contributed by atoms with Gasteiger partial charge in [0.1, 0.15) is 11.3 Å². The predicted molar refractivity (Wildman–Crippen MR) is 71.0 cm³/mol. The molecule has 1 heterocycles. The number of ether oxygens (including phenoxy) is 1. The van der Waals surface area contributed by atoms with Gasteiger partial charge in [-0.2, -0.15) is 5.10 Å². The molecule has 0 spiro atoms. The Morgan fingerprint density at radius 3 is 2.63 bits per heavy atom. The summed E-state index contributed by atoms with van der Waals surface area (Å²) in [5, 5.41) is 13.4. The lowest BCUT2D eigenvalue weighted by Gasteiger charge is -2.09. The minimum Gasteiger partial charge on any atom is -0.495 e. The number of hydrogen-bond acceptors (Lipinski definition) is 4. The minimum absolute atomic E-state index is 0.218. The first-order valence-electron chi connectivity index (χ1n) is 5.69. The fraction of sp³-hybridized carbons (Fsp3) is 0.231. The van der Waals surface area contributed by atoms with E-state index in [1.807, 2.05) is 0 Å². The van der Waals surface area contributed by atoms with E-state index in [1.54, 1.807) is 36.7 Å². The summed E-state index contributed by atoms with van der Waals surface area (Å²) in [7, 11) is 1.53. The van der Waals surface area contributed by atoms with Crippen molar-refractivity contribution in [2.24, 2.45) is 0 Å². The van der Waals surface area contributed by atoms with Crippen LogP contribution in [-0.4, -0.2) is 28.0 Å². The molecular formula is C13H15N3O3. The molecule has 0 radical (unpaired) electrons. The number of nitrogens with two attached hydrogens (primary N) is 1. The third-order valence-electron chi connectivity index (χ3n) is 2.97. The van der Waals surface area contributed by atoms with E-state index in [0.717, 1.165) is 0 Å². The van der Waals surface area contributed by atoms with Gasteiger partial charge in [0.15, 0.2) is 0 Å². The maximum absolute atomic E-state index is 11.2. The number of methoxy groups -OCH3 is 1. The zero-order valence-electron chi connectivity index (χ0n) is 11.0. The number of benzene rings is 1. The smallest absolute Gasteiger partial charge is 0.339 e. The summed E-state index contributed by atoms with van der Waals surface area (Å²) < 4.78 is 6.72. The van der Waals surface area contributed by atoms with E-state index < -0.39 is 5.97 Å². The van der Waals surface area contributed by atoms with Gasteiger partial charge in [-0.3, -0.25) is 0 Å².